The molecule has 0 unspecified atom stereocenters. The third-order valence-electron chi connectivity index (χ3n) is 3.62. The van der Waals surface area contributed by atoms with Gasteiger partial charge < -0.3 is 5.32 Å². The minimum Gasteiger partial charge on any atom is -0.322 e. The predicted octanol–water partition coefficient (Wildman–Crippen LogP) is 5.16. The van der Waals surface area contributed by atoms with Crippen molar-refractivity contribution in [2.75, 3.05) is 5.32 Å². The van der Waals surface area contributed by atoms with Crippen molar-refractivity contribution in [1.29, 1.82) is 0 Å². The fourth-order valence-electron chi connectivity index (χ4n) is 2.33. The van der Waals surface area contributed by atoms with Crippen LogP contribution in [0.1, 0.15) is 15.9 Å². The molecule has 0 radical (unpaired) electrons. The molecular weight excluding hydrogens is 348 g/mol. The maximum absolute atomic E-state index is 13.7. The first-order valence-electron chi connectivity index (χ1n) is 7.54. The summed E-state index contributed by atoms with van der Waals surface area (Å²) in [5, 5.41) is 2.39. The van der Waals surface area contributed by atoms with Crippen molar-refractivity contribution >= 4 is 11.6 Å². The third-order valence-corrected chi connectivity index (χ3v) is 3.62. The highest BCUT2D eigenvalue weighted by Crippen LogP contribution is 2.30. The highest BCUT2D eigenvalue weighted by atomic mass is 19.4. The van der Waals surface area contributed by atoms with Crippen molar-refractivity contribution in [3.63, 3.8) is 0 Å². The summed E-state index contributed by atoms with van der Waals surface area (Å²) in [5.41, 5.74) is -0.0649. The molecule has 0 saturated heterocycles. The van der Waals surface area contributed by atoms with Crippen LogP contribution in [0.5, 0.6) is 0 Å². The molecule has 1 heterocycles. The van der Waals surface area contributed by atoms with Gasteiger partial charge in [0, 0.05) is 17.4 Å². The van der Waals surface area contributed by atoms with Crippen molar-refractivity contribution in [3.8, 4) is 11.3 Å². The van der Waals surface area contributed by atoms with Gasteiger partial charge in [0.1, 0.15) is 5.82 Å². The molecule has 0 aliphatic rings. The van der Waals surface area contributed by atoms with E-state index in [1.165, 1.54) is 36.5 Å². The highest BCUT2D eigenvalue weighted by molar-refractivity contribution is 6.04. The maximum Gasteiger partial charge on any atom is 0.416 e. The van der Waals surface area contributed by atoms with Gasteiger partial charge in [0.15, 0.2) is 0 Å². The van der Waals surface area contributed by atoms with Crippen LogP contribution in [-0.2, 0) is 6.18 Å². The number of amides is 1. The number of benzene rings is 2. The molecule has 3 nitrogen and oxygen atoms in total. The Bertz CT molecular complexity index is 937. The van der Waals surface area contributed by atoms with Crippen LogP contribution >= 0.6 is 0 Å². The molecule has 3 aromatic rings. The van der Waals surface area contributed by atoms with Gasteiger partial charge in [-0.05, 0) is 42.5 Å². The summed E-state index contributed by atoms with van der Waals surface area (Å²) in [6.07, 6.45) is -3.26. The van der Waals surface area contributed by atoms with Gasteiger partial charge in [-0.1, -0.05) is 18.2 Å². The summed E-state index contributed by atoms with van der Waals surface area (Å²) in [5.74, 6) is -1.06. The molecule has 0 saturated carbocycles. The van der Waals surface area contributed by atoms with Crippen molar-refractivity contribution in [3.05, 3.63) is 83.8 Å². The predicted molar refractivity (Wildman–Crippen MR) is 89.0 cm³/mol. The minimum atomic E-state index is -4.50. The lowest BCUT2D eigenvalue weighted by molar-refractivity contribution is -0.137. The van der Waals surface area contributed by atoms with Crippen molar-refractivity contribution in [2.24, 2.45) is 0 Å². The van der Waals surface area contributed by atoms with E-state index in [1.54, 1.807) is 18.2 Å². The van der Waals surface area contributed by atoms with Crippen molar-refractivity contribution in [2.45, 2.75) is 6.18 Å². The van der Waals surface area contributed by atoms with Crippen molar-refractivity contribution in [1.82, 2.24) is 4.98 Å². The molecule has 1 N–H and O–H groups in total. The minimum absolute atomic E-state index is 0.0167. The van der Waals surface area contributed by atoms with Gasteiger partial charge in [-0.3, -0.25) is 9.78 Å². The Kier molecular flexibility index (Phi) is 4.71. The van der Waals surface area contributed by atoms with Gasteiger partial charge in [0.25, 0.3) is 5.91 Å². The lowest BCUT2D eigenvalue weighted by atomic mass is 10.1. The van der Waals surface area contributed by atoms with E-state index in [4.69, 9.17) is 0 Å². The lowest BCUT2D eigenvalue weighted by Crippen LogP contribution is -2.13. The van der Waals surface area contributed by atoms with Gasteiger partial charge in [-0.2, -0.15) is 13.2 Å². The zero-order chi connectivity index (χ0) is 18.7. The largest absolute Gasteiger partial charge is 0.416 e. The number of pyridine rings is 1. The second-order valence-electron chi connectivity index (χ2n) is 5.44. The fourth-order valence-corrected chi connectivity index (χ4v) is 2.33. The van der Waals surface area contributed by atoms with Gasteiger partial charge in [-0.15, -0.1) is 0 Å². The number of halogens is 4. The zero-order valence-corrected chi connectivity index (χ0v) is 13.2. The van der Waals surface area contributed by atoms with Gasteiger partial charge in [0.05, 0.1) is 16.8 Å². The van der Waals surface area contributed by atoms with E-state index in [-0.39, 0.29) is 16.8 Å². The second kappa shape index (κ2) is 6.95. The first-order chi connectivity index (χ1) is 12.3. The van der Waals surface area contributed by atoms with E-state index in [2.05, 4.69) is 10.3 Å². The Morgan fingerprint density at radius 3 is 2.38 bits per heavy atom. The number of anilines is 1. The molecule has 1 aromatic heterocycles. The topological polar surface area (TPSA) is 42.0 Å². The van der Waals surface area contributed by atoms with E-state index >= 15 is 0 Å². The molecule has 0 bridgehead atoms. The van der Waals surface area contributed by atoms with Crippen LogP contribution in [0.15, 0.2) is 66.9 Å². The van der Waals surface area contributed by atoms with E-state index in [0.29, 0.717) is 5.69 Å². The van der Waals surface area contributed by atoms with Crippen LogP contribution in [0.2, 0.25) is 0 Å². The Morgan fingerprint density at radius 1 is 0.962 bits per heavy atom. The monoisotopic (exact) mass is 360 g/mol. The van der Waals surface area contributed by atoms with E-state index in [9.17, 15) is 22.4 Å². The van der Waals surface area contributed by atoms with Gasteiger partial charge >= 0.3 is 6.18 Å². The van der Waals surface area contributed by atoms with E-state index < -0.39 is 23.5 Å². The van der Waals surface area contributed by atoms with Gasteiger partial charge in [-0.25, -0.2) is 4.39 Å². The Morgan fingerprint density at radius 2 is 1.73 bits per heavy atom. The van der Waals surface area contributed by atoms with Crippen LogP contribution < -0.4 is 5.32 Å². The quantitative estimate of drug-likeness (QED) is 0.656. The average Bonchev–Trinajstić information content (AvgIpc) is 2.62. The molecule has 0 spiro atoms. The summed E-state index contributed by atoms with van der Waals surface area (Å²) < 4.78 is 51.9. The first kappa shape index (κ1) is 17.6. The molecule has 0 atom stereocenters. The number of hydrogen-bond donors (Lipinski definition) is 1. The molecule has 1 amide bonds. The number of alkyl halides is 3. The zero-order valence-electron chi connectivity index (χ0n) is 13.2. The Labute approximate surface area is 146 Å². The second-order valence-corrected chi connectivity index (χ2v) is 5.44. The lowest BCUT2D eigenvalue weighted by Gasteiger charge is -2.10. The molecule has 3 rings (SSSR count). The molecular formula is C19H12F4N2O. The van der Waals surface area contributed by atoms with E-state index in [0.717, 1.165) is 12.1 Å². The Balaban J connectivity index is 1.78. The molecule has 26 heavy (non-hydrogen) atoms. The number of rotatable bonds is 3. The Hall–Kier alpha value is -3.22. The molecule has 132 valence electrons. The summed E-state index contributed by atoms with van der Waals surface area (Å²) in [6.45, 7) is 0. The van der Waals surface area contributed by atoms with Crippen LogP contribution in [0, 0.1) is 5.82 Å². The van der Waals surface area contributed by atoms with E-state index in [1.807, 2.05) is 0 Å². The third kappa shape index (κ3) is 3.88. The molecule has 7 heteroatoms. The molecule has 2 aromatic carbocycles. The van der Waals surface area contributed by atoms with Crippen molar-refractivity contribution < 1.29 is 22.4 Å². The number of nitrogens with zero attached hydrogens (tertiary/aromatic N) is 1. The standard InChI is InChI=1S/C19H12F4N2O/c20-16-7-2-1-6-15(16)17-9-8-12(11-24-17)18(26)25-14-5-3-4-13(10-14)19(21,22)23/h1-11H,(H,25,26). The molecule has 0 fully saturated rings. The SMILES string of the molecule is O=C(Nc1cccc(C(F)(F)F)c1)c1ccc(-c2ccccc2F)nc1. The smallest absolute Gasteiger partial charge is 0.322 e. The summed E-state index contributed by atoms with van der Waals surface area (Å²) in [7, 11) is 0. The summed E-state index contributed by atoms with van der Waals surface area (Å²) >= 11 is 0. The number of hydrogen-bond acceptors (Lipinski definition) is 2. The first-order valence-corrected chi connectivity index (χ1v) is 7.54. The normalized spacial score (nSPS) is 11.2. The van der Waals surface area contributed by atoms with Crippen LogP contribution in [-0.4, -0.2) is 10.9 Å². The number of aromatic nitrogens is 1. The summed E-state index contributed by atoms with van der Waals surface area (Å²) in [6, 6.07) is 13.3. The number of nitrogens with one attached hydrogen (secondary N) is 1. The van der Waals surface area contributed by atoms with Crippen LogP contribution in [0.25, 0.3) is 11.3 Å². The maximum atomic E-state index is 13.7. The fraction of sp³-hybridized carbons (Fsp3) is 0.0526. The number of carbonyl (C=O) groups is 1. The van der Waals surface area contributed by atoms with Gasteiger partial charge in [0.2, 0.25) is 0 Å². The average molecular weight is 360 g/mol. The molecule has 0 aliphatic heterocycles. The van der Waals surface area contributed by atoms with Crippen LogP contribution in [0.3, 0.4) is 0 Å². The summed E-state index contributed by atoms with van der Waals surface area (Å²) in [4.78, 5) is 16.2. The highest BCUT2D eigenvalue weighted by Gasteiger charge is 2.30. The van der Waals surface area contributed by atoms with Crippen LogP contribution in [0.4, 0.5) is 23.2 Å². The molecule has 0 aliphatic carbocycles. The number of carbonyl (C=O) groups excluding carboxylic acids is 1.